The highest BCUT2D eigenvalue weighted by atomic mass is 19.1. The molecule has 0 amide bonds. The maximum atomic E-state index is 12.7. The van der Waals surface area contributed by atoms with Gasteiger partial charge in [0.1, 0.15) is 29.5 Å². The summed E-state index contributed by atoms with van der Waals surface area (Å²) < 4.78 is 23.8. The minimum Gasteiger partial charge on any atom is -0.486 e. The predicted octanol–water partition coefficient (Wildman–Crippen LogP) is 4.15. The Morgan fingerprint density at radius 1 is 1.00 bits per heavy atom. The van der Waals surface area contributed by atoms with E-state index in [9.17, 15) is 4.39 Å². The normalized spacial score (nSPS) is 10.7. The average Bonchev–Trinajstić information content (AvgIpc) is 2.81. The van der Waals surface area contributed by atoms with E-state index in [1.165, 1.54) is 12.1 Å². The standard InChI is InChI=1S/C15H11FO2/c16-12-5-7-13(8-6-12)17-10-14-9-11-3-1-2-4-15(11)18-14/h1-9H,10H2. The van der Waals surface area contributed by atoms with Gasteiger partial charge in [-0.2, -0.15) is 0 Å². The van der Waals surface area contributed by atoms with Gasteiger partial charge >= 0.3 is 0 Å². The van der Waals surface area contributed by atoms with Crippen molar-refractivity contribution in [2.24, 2.45) is 0 Å². The minimum atomic E-state index is -0.272. The van der Waals surface area contributed by atoms with Gasteiger partial charge in [0.25, 0.3) is 0 Å². The first-order valence-corrected chi connectivity index (χ1v) is 5.67. The first-order valence-electron chi connectivity index (χ1n) is 5.67. The Hall–Kier alpha value is -2.29. The fraction of sp³-hybridized carbons (Fsp3) is 0.0667. The van der Waals surface area contributed by atoms with Gasteiger partial charge in [-0.1, -0.05) is 18.2 Å². The van der Waals surface area contributed by atoms with E-state index in [1.54, 1.807) is 12.1 Å². The van der Waals surface area contributed by atoms with E-state index in [0.717, 1.165) is 16.7 Å². The van der Waals surface area contributed by atoms with Crippen molar-refractivity contribution in [3.63, 3.8) is 0 Å². The monoisotopic (exact) mass is 242 g/mol. The number of ether oxygens (including phenoxy) is 1. The fourth-order valence-corrected chi connectivity index (χ4v) is 1.79. The number of hydrogen-bond acceptors (Lipinski definition) is 2. The van der Waals surface area contributed by atoms with Gasteiger partial charge in [0.2, 0.25) is 0 Å². The lowest BCUT2D eigenvalue weighted by Gasteiger charge is -2.03. The molecule has 0 aliphatic rings. The zero-order valence-corrected chi connectivity index (χ0v) is 9.60. The number of rotatable bonds is 3. The Bertz CT molecular complexity index is 623. The SMILES string of the molecule is Fc1ccc(OCc2cc3ccccc3o2)cc1. The van der Waals surface area contributed by atoms with Crippen LogP contribution in [0.15, 0.2) is 59.0 Å². The summed E-state index contributed by atoms with van der Waals surface area (Å²) in [6.07, 6.45) is 0. The predicted molar refractivity (Wildman–Crippen MR) is 66.9 cm³/mol. The van der Waals surface area contributed by atoms with Crippen LogP contribution in [0.1, 0.15) is 5.76 Å². The van der Waals surface area contributed by atoms with E-state index < -0.39 is 0 Å². The molecule has 3 rings (SSSR count). The first kappa shape index (κ1) is 10.8. The summed E-state index contributed by atoms with van der Waals surface area (Å²) in [4.78, 5) is 0. The van der Waals surface area contributed by atoms with Crippen molar-refractivity contribution in [2.45, 2.75) is 6.61 Å². The van der Waals surface area contributed by atoms with Crippen LogP contribution in [0.25, 0.3) is 11.0 Å². The Morgan fingerprint density at radius 3 is 2.56 bits per heavy atom. The van der Waals surface area contributed by atoms with Crippen molar-refractivity contribution in [3.8, 4) is 5.75 Å². The van der Waals surface area contributed by atoms with E-state index in [4.69, 9.17) is 9.15 Å². The van der Waals surface area contributed by atoms with Crippen molar-refractivity contribution >= 4 is 11.0 Å². The second kappa shape index (κ2) is 4.53. The van der Waals surface area contributed by atoms with Gasteiger partial charge in [0.05, 0.1) is 0 Å². The van der Waals surface area contributed by atoms with Crippen LogP contribution in [-0.2, 0) is 6.61 Å². The van der Waals surface area contributed by atoms with Gasteiger partial charge in [-0.3, -0.25) is 0 Å². The van der Waals surface area contributed by atoms with Gasteiger partial charge < -0.3 is 9.15 Å². The second-order valence-corrected chi connectivity index (χ2v) is 3.99. The van der Waals surface area contributed by atoms with Crippen molar-refractivity contribution in [1.29, 1.82) is 0 Å². The van der Waals surface area contributed by atoms with Gasteiger partial charge in [0, 0.05) is 5.39 Å². The molecule has 0 N–H and O–H groups in total. The van der Waals surface area contributed by atoms with Crippen LogP contribution in [0.3, 0.4) is 0 Å². The molecule has 0 atom stereocenters. The average molecular weight is 242 g/mol. The molecule has 0 aliphatic carbocycles. The molecule has 3 aromatic rings. The van der Waals surface area contributed by atoms with Crippen LogP contribution in [0.5, 0.6) is 5.75 Å². The van der Waals surface area contributed by atoms with Crippen molar-refractivity contribution in [2.75, 3.05) is 0 Å². The Morgan fingerprint density at radius 2 is 1.78 bits per heavy atom. The van der Waals surface area contributed by atoms with E-state index in [2.05, 4.69) is 0 Å². The Balaban J connectivity index is 1.74. The summed E-state index contributed by atoms with van der Waals surface area (Å²) in [5.41, 5.74) is 0.843. The lowest BCUT2D eigenvalue weighted by atomic mass is 10.2. The summed E-state index contributed by atoms with van der Waals surface area (Å²) in [7, 11) is 0. The fourth-order valence-electron chi connectivity index (χ4n) is 1.79. The molecule has 0 unspecified atom stereocenters. The third-order valence-electron chi connectivity index (χ3n) is 2.67. The molecule has 0 radical (unpaired) electrons. The van der Waals surface area contributed by atoms with E-state index in [1.807, 2.05) is 30.3 Å². The Labute approximate surface area is 104 Å². The quantitative estimate of drug-likeness (QED) is 0.688. The molecule has 3 heteroatoms. The molecule has 2 nitrogen and oxygen atoms in total. The lowest BCUT2D eigenvalue weighted by molar-refractivity contribution is 0.274. The smallest absolute Gasteiger partial charge is 0.146 e. The molecule has 0 saturated heterocycles. The number of hydrogen-bond donors (Lipinski definition) is 0. The molecule has 2 aromatic carbocycles. The molecular weight excluding hydrogens is 231 g/mol. The summed E-state index contributed by atoms with van der Waals surface area (Å²) >= 11 is 0. The molecule has 1 heterocycles. The van der Waals surface area contributed by atoms with Crippen LogP contribution < -0.4 is 4.74 Å². The second-order valence-electron chi connectivity index (χ2n) is 3.99. The molecule has 0 bridgehead atoms. The topological polar surface area (TPSA) is 22.4 Å². The highest BCUT2D eigenvalue weighted by molar-refractivity contribution is 5.77. The molecule has 0 aliphatic heterocycles. The molecule has 0 saturated carbocycles. The van der Waals surface area contributed by atoms with Crippen molar-refractivity contribution in [1.82, 2.24) is 0 Å². The molecular formula is C15H11FO2. The zero-order valence-electron chi connectivity index (χ0n) is 9.60. The van der Waals surface area contributed by atoms with Crippen molar-refractivity contribution in [3.05, 3.63) is 66.2 Å². The van der Waals surface area contributed by atoms with Crippen molar-refractivity contribution < 1.29 is 13.5 Å². The molecule has 90 valence electrons. The third-order valence-corrected chi connectivity index (χ3v) is 2.67. The highest BCUT2D eigenvalue weighted by Crippen LogP contribution is 2.20. The number of para-hydroxylation sites is 1. The highest BCUT2D eigenvalue weighted by Gasteiger charge is 2.03. The molecule has 0 fully saturated rings. The molecule has 18 heavy (non-hydrogen) atoms. The van der Waals surface area contributed by atoms with Gasteiger partial charge in [0.15, 0.2) is 0 Å². The van der Waals surface area contributed by atoms with E-state index in [0.29, 0.717) is 12.4 Å². The van der Waals surface area contributed by atoms with E-state index in [-0.39, 0.29) is 5.82 Å². The lowest BCUT2D eigenvalue weighted by Crippen LogP contribution is -1.93. The van der Waals surface area contributed by atoms with Gasteiger partial charge in [-0.05, 0) is 36.4 Å². The molecule has 0 spiro atoms. The summed E-state index contributed by atoms with van der Waals surface area (Å²) in [5, 5.41) is 1.05. The van der Waals surface area contributed by atoms with Crippen LogP contribution in [0.4, 0.5) is 4.39 Å². The van der Waals surface area contributed by atoms with Gasteiger partial charge in [-0.15, -0.1) is 0 Å². The maximum Gasteiger partial charge on any atom is 0.146 e. The zero-order chi connectivity index (χ0) is 12.4. The molecule has 1 aromatic heterocycles. The summed E-state index contributed by atoms with van der Waals surface area (Å²) in [6.45, 7) is 0.334. The summed E-state index contributed by atoms with van der Waals surface area (Å²) in [5.74, 6) is 1.10. The Kier molecular flexibility index (Phi) is 2.73. The van der Waals surface area contributed by atoms with Crippen LogP contribution in [0, 0.1) is 5.82 Å². The first-order chi connectivity index (χ1) is 8.81. The third kappa shape index (κ3) is 2.20. The van der Waals surface area contributed by atoms with E-state index >= 15 is 0 Å². The largest absolute Gasteiger partial charge is 0.486 e. The van der Waals surface area contributed by atoms with Crippen LogP contribution in [0.2, 0.25) is 0 Å². The minimum absolute atomic E-state index is 0.272. The number of halogens is 1. The van der Waals surface area contributed by atoms with Crippen LogP contribution >= 0.6 is 0 Å². The number of fused-ring (bicyclic) bond motifs is 1. The number of furan rings is 1. The van der Waals surface area contributed by atoms with Crippen LogP contribution in [-0.4, -0.2) is 0 Å². The van der Waals surface area contributed by atoms with Gasteiger partial charge in [-0.25, -0.2) is 4.39 Å². The summed E-state index contributed by atoms with van der Waals surface area (Å²) in [6, 6.07) is 15.7. The maximum absolute atomic E-state index is 12.7. The number of benzene rings is 2.